The van der Waals surface area contributed by atoms with Crippen LogP contribution in [0.25, 0.3) is 16.9 Å². The van der Waals surface area contributed by atoms with Gasteiger partial charge in [-0.2, -0.15) is 4.98 Å². The van der Waals surface area contributed by atoms with E-state index in [1.165, 1.54) is 39.5 Å². The van der Waals surface area contributed by atoms with Crippen molar-refractivity contribution < 1.29 is 37.3 Å². The SMILES string of the molecule is COc1cc(Cl)c(-n2c(=O)[nH]c3c(OC)nc(CNC(=O)OC(C)(C)C)nc32)cc1OCc1c(OC)ccc(F)c1F. The van der Waals surface area contributed by atoms with E-state index in [9.17, 15) is 18.4 Å². The molecule has 0 atom stereocenters. The number of aromatic nitrogens is 4. The molecule has 224 valence electrons. The van der Waals surface area contributed by atoms with Crippen LogP contribution in [0.3, 0.4) is 0 Å². The molecule has 0 saturated carbocycles. The molecule has 2 aromatic carbocycles. The molecule has 0 bridgehead atoms. The van der Waals surface area contributed by atoms with Crippen LogP contribution in [-0.2, 0) is 17.9 Å². The van der Waals surface area contributed by atoms with Crippen LogP contribution in [0.5, 0.6) is 23.1 Å². The van der Waals surface area contributed by atoms with Crippen molar-refractivity contribution in [2.45, 2.75) is 39.5 Å². The molecule has 4 aromatic rings. The van der Waals surface area contributed by atoms with Crippen molar-refractivity contribution in [2.75, 3.05) is 21.3 Å². The summed E-state index contributed by atoms with van der Waals surface area (Å²) < 4.78 is 56.5. The largest absolute Gasteiger partial charge is 0.496 e. The number of rotatable bonds is 9. The summed E-state index contributed by atoms with van der Waals surface area (Å²) in [6.45, 7) is 4.57. The van der Waals surface area contributed by atoms with Gasteiger partial charge in [0.25, 0.3) is 0 Å². The van der Waals surface area contributed by atoms with E-state index in [-0.39, 0.29) is 62.9 Å². The van der Waals surface area contributed by atoms with E-state index in [1.54, 1.807) is 20.8 Å². The van der Waals surface area contributed by atoms with Gasteiger partial charge in [0.1, 0.15) is 23.5 Å². The van der Waals surface area contributed by atoms with Gasteiger partial charge < -0.3 is 29.0 Å². The van der Waals surface area contributed by atoms with Crippen molar-refractivity contribution in [2.24, 2.45) is 0 Å². The van der Waals surface area contributed by atoms with Gasteiger partial charge in [-0.05, 0) is 32.9 Å². The van der Waals surface area contributed by atoms with E-state index >= 15 is 0 Å². The van der Waals surface area contributed by atoms with Crippen molar-refractivity contribution >= 4 is 28.9 Å². The maximum Gasteiger partial charge on any atom is 0.408 e. The Balaban J connectivity index is 1.76. The van der Waals surface area contributed by atoms with E-state index in [4.69, 9.17) is 35.3 Å². The molecule has 1 amide bonds. The number of ether oxygens (including phenoxy) is 5. The van der Waals surface area contributed by atoms with E-state index in [0.29, 0.717) is 0 Å². The molecule has 0 aliphatic rings. The number of amides is 1. The standard InChI is InChI=1S/C27H28ClF2N5O7/c1-27(2,3)42-26(37)31-11-20-32-23-22(24(33-20)40-6)34-25(36)35(23)16-10-19(18(39-5)9-14(16)28)41-12-13-17(38-4)8-7-15(29)21(13)30/h7-10H,11-12H2,1-6H3,(H,31,37)(H,34,36). The number of benzene rings is 2. The number of carbonyl (C=O) groups is 1. The summed E-state index contributed by atoms with van der Waals surface area (Å²) in [7, 11) is 4.03. The predicted octanol–water partition coefficient (Wildman–Crippen LogP) is 4.67. The van der Waals surface area contributed by atoms with Crippen molar-refractivity contribution in [3.63, 3.8) is 0 Å². The molecule has 0 aliphatic carbocycles. The molecule has 15 heteroatoms. The van der Waals surface area contributed by atoms with Gasteiger partial charge in [-0.1, -0.05) is 11.6 Å². The molecule has 2 heterocycles. The number of hydrogen-bond acceptors (Lipinski definition) is 9. The highest BCUT2D eigenvalue weighted by Crippen LogP contribution is 2.37. The third-order valence-corrected chi connectivity index (χ3v) is 6.05. The molecule has 0 spiro atoms. The third kappa shape index (κ3) is 6.33. The molecule has 12 nitrogen and oxygen atoms in total. The summed E-state index contributed by atoms with van der Waals surface area (Å²) in [6.07, 6.45) is -0.692. The first kappa shape index (κ1) is 30.4. The summed E-state index contributed by atoms with van der Waals surface area (Å²) in [5.74, 6) is -1.79. The van der Waals surface area contributed by atoms with Gasteiger partial charge in [-0.25, -0.2) is 27.9 Å². The van der Waals surface area contributed by atoms with Gasteiger partial charge in [0.2, 0.25) is 5.88 Å². The van der Waals surface area contributed by atoms with Gasteiger partial charge in [0, 0.05) is 12.1 Å². The zero-order valence-corrected chi connectivity index (χ0v) is 24.3. The van der Waals surface area contributed by atoms with Crippen LogP contribution in [0.15, 0.2) is 29.1 Å². The van der Waals surface area contributed by atoms with Gasteiger partial charge in [0.15, 0.2) is 34.6 Å². The quantitative estimate of drug-likeness (QED) is 0.278. The fourth-order valence-corrected chi connectivity index (χ4v) is 4.17. The smallest absolute Gasteiger partial charge is 0.408 e. The highest BCUT2D eigenvalue weighted by Gasteiger charge is 2.23. The lowest BCUT2D eigenvalue weighted by Gasteiger charge is -2.19. The Morgan fingerprint density at radius 1 is 1.05 bits per heavy atom. The molecule has 0 unspecified atom stereocenters. The Hall–Kier alpha value is -4.59. The van der Waals surface area contributed by atoms with Crippen LogP contribution < -0.4 is 30.0 Å². The summed E-state index contributed by atoms with van der Waals surface area (Å²) in [5.41, 5.74) is -1.19. The van der Waals surface area contributed by atoms with Gasteiger partial charge in [0.05, 0.1) is 44.1 Å². The van der Waals surface area contributed by atoms with E-state index in [0.717, 1.165) is 10.6 Å². The van der Waals surface area contributed by atoms with Crippen LogP contribution in [0, 0.1) is 11.6 Å². The molecular formula is C27H28ClF2N5O7. The fourth-order valence-electron chi connectivity index (χ4n) is 3.94. The number of alkyl carbamates (subject to hydrolysis) is 1. The Morgan fingerprint density at radius 2 is 1.76 bits per heavy atom. The molecule has 0 fully saturated rings. The Labute approximate surface area is 243 Å². The second-order valence-corrected chi connectivity index (χ2v) is 10.2. The highest BCUT2D eigenvalue weighted by molar-refractivity contribution is 6.32. The van der Waals surface area contributed by atoms with Gasteiger partial charge in [-0.15, -0.1) is 0 Å². The first-order chi connectivity index (χ1) is 19.9. The third-order valence-electron chi connectivity index (χ3n) is 5.75. The monoisotopic (exact) mass is 607 g/mol. The Morgan fingerprint density at radius 3 is 2.40 bits per heavy atom. The average molecular weight is 608 g/mol. The zero-order valence-electron chi connectivity index (χ0n) is 23.6. The molecule has 4 rings (SSSR count). The summed E-state index contributed by atoms with van der Waals surface area (Å²) in [4.78, 5) is 36.6. The summed E-state index contributed by atoms with van der Waals surface area (Å²) in [5, 5.41) is 2.63. The molecule has 2 aromatic heterocycles. The molecule has 0 radical (unpaired) electrons. The second-order valence-electron chi connectivity index (χ2n) is 9.75. The summed E-state index contributed by atoms with van der Waals surface area (Å²) >= 11 is 6.55. The Kier molecular flexibility index (Phi) is 8.75. The average Bonchev–Trinajstić information content (AvgIpc) is 3.26. The van der Waals surface area contributed by atoms with Crippen LogP contribution >= 0.6 is 11.6 Å². The number of methoxy groups -OCH3 is 3. The molecule has 42 heavy (non-hydrogen) atoms. The maximum atomic E-state index is 14.5. The number of halogens is 3. The first-order valence-electron chi connectivity index (χ1n) is 12.4. The van der Waals surface area contributed by atoms with Crippen LogP contribution in [0.1, 0.15) is 32.2 Å². The van der Waals surface area contributed by atoms with Gasteiger partial charge >= 0.3 is 11.8 Å². The summed E-state index contributed by atoms with van der Waals surface area (Å²) in [6, 6.07) is 4.98. The van der Waals surface area contributed by atoms with Crippen molar-refractivity contribution in [1.82, 2.24) is 24.8 Å². The topological polar surface area (TPSA) is 139 Å². The number of imidazole rings is 1. The minimum Gasteiger partial charge on any atom is -0.496 e. The maximum absolute atomic E-state index is 14.5. The highest BCUT2D eigenvalue weighted by atomic mass is 35.5. The minimum atomic E-state index is -1.13. The van der Waals surface area contributed by atoms with Crippen molar-refractivity contribution in [1.29, 1.82) is 0 Å². The minimum absolute atomic E-state index is 0.0339. The van der Waals surface area contributed by atoms with E-state index in [1.807, 2.05) is 0 Å². The zero-order chi connectivity index (χ0) is 30.8. The number of nitrogens with zero attached hydrogens (tertiary/aromatic N) is 3. The van der Waals surface area contributed by atoms with Crippen LogP contribution in [-0.4, -0.2) is 52.5 Å². The van der Waals surface area contributed by atoms with Gasteiger partial charge in [-0.3, -0.25) is 4.98 Å². The number of fused-ring (bicyclic) bond motifs is 1. The predicted molar refractivity (Wildman–Crippen MR) is 148 cm³/mol. The number of hydrogen-bond donors (Lipinski definition) is 2. The number of carbonyl (C=O) groups excluding carboxylic acids is 1. The van der Waals surface area contributed by atoms with Crippen molar-refractivity contribution in [3.8, 4) is 28.8 Å². The second kappa shape index (κ2) is 12.1. The Bertz CT molecular complexity index is 1700. The molecule has 0 saturated heterocycles. The van der Waals surface area contributed by atoms with Crippen molar-refractivity contribution in [3.05, 3.63) is 62.8 Å². The first-order valence-corrected chi connectivity index (χ1v) is 12.8. The van der Waals surface area contributed by atoms with E-state index in [2.05, 4.69) is 20.3 Å². The number of aromatic amines is 1. The lowest BCUT2D eigenvalue weighted by Crippen LogP contribution is -2.32. The molecule has 0 aliphatic heterocycles. The normalized spacial score (nSPS) is 11.4. The molecule has 2 N–H and O–H groups in total. The lowest BCUT2D eigenvalue weighted by atomic mass is 10.2. The van der Waals surface area contributed by atoms with E-state index < -0.39 is 35.6 Å². The number of H-pyrrole nitrogens is 1. The fraction of sp³-hybridized carbons (Fsp3) is 0.333. The lowest BCUT2D eigenvalue weighted by molar-refractivity contribution is 0.0522. The van der Waals surface area contributed by atoms with Crippen LogP contribution in [0.4, 0.5) is 13.6 Å². The molecular weight excluding hydrogens is 580 g/mol. The van der Waals surface area contributed by atoms with Crippen LogP contribution in [0.2, 0.25) is 5.02 Å². The number of nitrogens with one attached hydrogen (secondary N) is 2.